The number of carbonyl (C=O) groups is 1. The standard InChI is InChI=1S/C27H27FN2O2/c28-24-14-25(22(19-11-12-19)13-23(24)27(29)31)32-17-18-15-30(16-18)26(20-7-3-1-4-8-20)21-9-5-2-6-10-21/h1-10,13-14,18-19,26H,11-12,15-17H2,(H2,29,31). The minimum absolute atomic E-state index is 0.0531. The first-order chi connectivity index (χ1) is 15.6. The number of hydrogen-bond donors (Lipinski definition) is 1. The largest absolute Gasteiger partial charge is 0.493 e. The summed E-state index contributed by atoms with van der Waals surface area (Å²) in [6.07, 6.45) is 2.07. The fraction of sp³-hybridized carbons (Fsp3) is 0.296. The molecule has 0 spiro atoms. The molecule has 2 fully saturated rings. The van der Waals surface area contributed by atoms with E-state index < -0.39 is 11.7 Å². The second-order valence-electron chi connectivity index (χ2n) is 8.86. The first-order valence-electron chi connectivity index (χ1n) is 11.2. The molecule has 2 aliphatic rings. The molecule has 32 heavy (non-hydrogen) atoms. The van der Waals surface area contributed by atoms with E-state index in [2.05, 4.69) is 53.4 Å². The zero-order valence-electron chi connectivity index (χ0n) is 17.9. The third-order valence-corrected chi connectivity index (χ3v) is 6.44. The highest BCUT2D eigenvalue weighted by molar-refractivity contribution is 5.93. The Morgan fingerprint density at radius 1 is 1.00 bits per heavy atom. The van der Waals surface area contributed by atoms with Crippen LogP contribution in [0.5, 0.6) is 5.75 Å². The van der Waals surface area contributed by atoms with Crippen molar-refractivity contribution in [3.8, 4) is 5.75 Å². The summed E-state index contributed by atoms with van der Waals surface area (Å²) in [7, 11) is 0. The van der Waals surface area contributed by atoms with Crippen molar-refractivity contribution in [2.24, 2.45) is 11.7 Å². The van der Waals surface area contributed by atoms with E-state index >= 15 is 0 Å². The van der Waals surface area contributed by atoms with Gasteiger partial charge in [-0.3, -0.25) is 9.69 Å². The number of halogens is 1. The van der Waals surface area contributed by atoms with Gasteiger partial charge in [-0.2, -0.15) is 0 Å². The SMILES string of the molecule is NC(=O)c1cc(C2CC2)c(OCC2CN(C(c3ccccc3)c3ccccc3)C2)cc1F. The van der Waals surface area contributed by atoms with Crippen LogP contribution in [0.25, 0.3) is 0 Å². The lowest BCUT2D eigenvalue weighted by Crippen LogP contribution is -2.51. The van der Waals surface area contributed by atoms with Gasteiger partial charge in [-0.1, -0.05) is 60.7 Å². The molecule has 2 N–H and O–H groups in total. The normalized spacial score (nSPS) is 16.7. The van der Waals surface area contributed by atoms with Gasteiger partial charge in [0, 0.05) is 25.1 Å². The highest BCUT2D eigenvalue weighted by Crippen LogP contribution is 2.45. The van der Waals surface area contributed by atoms with Crippen LogP contribution in [0.4, 0.5) is 4.39 Å². The molecule has 3 aromatic rings. The highest BCUT2D eigenvalue weighted by Gasteiger charge is 2.35. The molecule has 5 heteroatoms. The molecule has 1 aliphatic heterocycles. The molecule has 164 valence electrons. The second-order valence-corrected chi connectivity index (χ2v) is 8.86. The van der Waals surface area contributed by atoms with Crippen LogP contribution in [0.15, 0.2) is 72.8 Å². The minimum Gasteiger partial charge on any atom is -0.493 e. The van der Waals surface area contributed by atoms with Crippen LogP contribution in [0.1, 0.15) is 51.8 Å². The third-order valence-electron chi connectivity index (χ3n) is 6.44. The maximum Gasteiger partial charge on any atom is 0.251 e. The number of carbonyl (C=O) groups excluding carboxylic acids is 1. The van der Waals surface area contributed by atoms with Crippen LogP contribution in [-0.2, 0) is 0 Å². The van der Waals surface area contributed by atoms with Crippen molar-refractivity contribution >= 4 is 5.91 Å². The number of nitrogens with zero attached hydrogens (tertiary/aromatic N) is 1. The molecule has 0 atom stereocenters. The molecule has 1 amide bonds. The first kappa shape index (κ1) is 20.7. The third kappa shape index (κ3) is 4.26. The maximum absolute atomic E-state index is 14.3. The number of nitrogens with two attached hydrogens (primary N) is 1. The fourth-order valence-corrected chi connectivity index (χ4v) is 4.62. The molecular weight excluding hydrogens is 403 g/mol. The van der Waals surface area contributed by atoms with Gasteiger partial charge in [-0.15, -0.1) is 0 Å². The van der Waals surface area contributed by atoms with Crippen molar-refractivity contribution < 1.29 is 13.9 Å². The summed E-state index contributed by atoms with van der Waals surface area (Å²) in [6.45, 7) is 2.35. The van der Waals surface area contributed by atoms with Crippen LogP contribution >= 0.6 is 0 Å². The predicted molar refractivity (Wildman–Crippen MR) is 122 cm³/mol. The van der Waals surface area contributed by atoms with Crippen molar-refractivity contribution in [3.05, 3.63) is 101 Å². The summed E-state index contributed by atoms with van der Waals surface area (Å²) < 4.78 is 20.4. The molecule has 5 rings (SSSR count). The van der Waals surface area contributed by atoms with Gasteiger partial charge >= 0.3 is 0 Å². The summed E-state index contributed by atoms with van der Waals surface area (Å²) in [5, 5.41) is 0. The quantitative estimate of drug-likeness (QED) is 0.553. The molecule has 1 saturated heterocycles. The van der Waals surface area contributed by atoms with Gasteiger partial charge in [0.15, 0.2) is 0 Å². The zero-order chi connectivity index (χ0) is 22.1. The van der Waals surface area contributed by atoms with Crippen molar-refractivity contribution in [2.75, 3.05) is 19.7 Å². The summed E-state index contributed by atoms with van der Waals surface area (Å²) in [5.74, 6) is -0.0899. The number of ether oxygens (including phenoxy) is 1. The Kier molecular flexibility index (Phi) is 5.66. The molecule has 1 aliphatic carbocycles. The van der Waals surface area contributed by atoms with Crippen molar-refractivity contribution in [2.45, 2.75) is 24.8 Å². The Morgan fingerprint density at radius 2 is 1.59 bits per heavy atom. The average molecular weight is 431 g/mol. The maximum atomic E-state index is 14.3. The van der Waals surface area contributed by atoms with Crippen molar-refractivity contribution in [3.63, 3.8) is 0 Å². The topological polar surface area (TPSA) is 55.6 Å². The van der Waals surface area contributed by atoms with Gasteiger partial charge in [0.2, 0.25) is 0 Å². The molecule has 3 aromatic carbocycles. The van der Waals surface area contributed by atoms with Crippen molar-refractivity contribution in [1.29, 1.82) is 0 Å². The fourth-order valence-electron chi connectivity index (χ4n) is 4.62. The van der Waals surface area contributed by atoms with Crippen LogP contribution in [-0.4, -0.2) is 30.5 Å². The lowest BCUT2D eigenvalue weighted by molar-refractivity contribution is 0.0375. The Balaban J connectivity index is 1.27. The molecule has 4 nitrogen and oxygen atoms in total. The Labute approximate surface area is 187 Å². The van der Waals surface area contributed by atoms with Gasteiger partial charge in [0.05, 0.1) is 18.2 Å². The van der Waals surface area contributed by atoms with Crippen LogP contribution in [0.2, 0.25) is 0 Å². The van der Waals surface area contributed by atoms with E-state index in [9.17, 15) is 9.18 Å². The van der Waals surface area contributed by atoms with E-state index in [1.807, 2.05) is 12.1 Å². The highest BCUT2D eigenvalue weighted by atomic mass is 19.1. The number of benzene rings is 3. The molecule has 0 unspecified atom stereocenters. The first-order valence-corrected chi connectivity index (χ1v) is 11.2. The summed E-state index contributed by atoms with van der Waals surface area (Å²) in [5.41, 5.74) is 8.73. The van der Waals surface area contributed by atoms with Crippen LogP contribution in [0, 0.1) is 11.7 Å². The molecule has 0 bridgehead atoms. The Hall–Kier alpha value is -3.18. The van der Waals surface area contributed by atoms with Crippen LogP contribution in [0.3, 0.4) is 0 Å². The number of primary amides is 1. The van der Waals surface area contributed by atoms with Crippen LogP contribution < -0.4 is 10.5 Å². The van der Waals surface area contributed by atoms with E-state index in [-0.39, 0.29) is 11.6 Å². The van der Waals surface area contributed by atoms with Gasteiger partial charge < -0.3 is 10.5 Å². The summed E-state index contributed by atoms with van der Waals surface area (Å²) in [4.78, 5) is 14.0. The van der Waals surface area contributed by atoms with Gasteiger partial charge in [-0.25, -0.2) is 4.39 Å². The molecule has 0 aromatic heterocycles. The van der Waals surface area contributed by atoms with E-state index in [0.29, 0.717) is 24.2 Å². The molecule has 1 saturated carbocycles. The number of amides is 1. The summed E-state index contributed by atoms with van der Waals surface area (Å²) in [6, 6.07) is 24.2. The Morgan fingerprint density at radius 3 is 2.12 bits per heavy atom. The van der Waals surface area contributed by atoms with Gasteiger partial charge in [0.1, 0.15) is 11.6 Å². The number of rotatable bonds is 8. The number of likely N-dealkylation sites (tertiary alicyclic amines) is 1. The zero-order valence-corrected chi connectivity index (χ0v) is 17.9. The lowest BCUT2D eigenvalue weighted by atomic mass is 9.90. The molecule has 0 radical (unpaired) electrons. The smallest absolute Gasteiger partial charge is 0.251 e. The van der Waals surface area contributed by atoms with Gasteiger partial charge in [-0.05, 0) is 41.5 Å². The van der Waals surface area contributed by atoms with Gasteiger partial charge in [0.25, 0.3) is 5.91 Å². The molecule has 1 heterocycles. The van der Waals surface area contributed by atoms with E-state index in [1.54, 1.807) is 6.07 Å². The minimum atomic E-state index is -0.738. The monoisotopic (exact) mass is 430 g/mol. The van der Waals surface area contributed by atoms with E-state index in [0.717, 1.165) is 31.5 Å². The van der Waals surface area contributed by atoms with E-state index in [4.69, 9.17) is 10.5 Å². The predicted octanol–water partition coefficient (Wildman–Crippen LogP) is 4.90. The lowest BCUT2D eigenvalue weighted by Gasteiger charge is -2.44. The van der Waals surface area contributed by atoms with E-state index in [1.165, 1.54) is 17.2 Å². The Bertz CT molecular complexity index is 1050. The second kappa shape index (κ2) is 8.75. The molecular formula is C27H27FN2O2. The van der Waals surface area contributed by atoms with Crippen molar-refractivity contribution in [1.82, 2.24) is 4.90 Å². The average Bonchev–Trinajstić information content (AvgIpc) is 3.61. The summed E-state index contributed by atoms with van der Waals surface area (Å²) >= 11 is 0. The number of hydrogen-bond acceptors (Lipinski definition) is 3.